The van der Waals surface area contributed by atoms with Crippen molar-refractivity contribution in [3.8, 4) is 0 Å². The number of hydrogen-bond donors (Lipinski definition) is 1. The minimum Gasteiger partial charge on any atom is -0.279 e. The van der Waals surface area contributed by atoms with Crippen molar-refractivity contribution in [3.63, 3.8) is 0 Å². The van der Waals surface area contributed by atoms with Crippen LogP contribution < -0.4 is 10.9 Å². The molecule has 1 aliphatic rings. The molecular weight excluding hydrogens is 465 g/mol. The molecule has 0 saturated heterocycles. The first-order valence-electron chi connectivity index (χ1n) is 12.0. The van der Waals surface area contributed by atoms with Crippen LogP contribution in [-0.2, 0) is 23.0 Å². The summed E-state index contributed by atoms with van der Waals surface area (Å²) in [4.78, 5) is 0.237. The molecule has 186 valence electrons. The molecule has 0 unspecified atom stereocenters. The Morgan fingerprint density at radius 2 is 1.89 bits per heavy atom. The third-order valence-electron chi connectivity index (χ3n) is 6.21. The van der Waals surface area contributed by atoms with Gasteiger partial charge in [0.15, 0.2) is 0 Å². The van der Waals surface area contributed by atoms with E-state index in [0.29, 0.717) is 31.7 Å². The largest absolute Gasteiger partial charge is 0.279 e. The zero-order valence-corrected chi connectivity index (χ0v) is 21.0. The Kier molecular flexibility index (Phi) is 7.69. The number of aromatic nitrogens is 2. The number of sulfonamides is 1. The van der Waals surface area contributed by atoms with Gasteiger partial charge in [-0.15, -0.1) is 0 Å². The maximum atomic E-state index is 13.3. The fraction of sp³-hybridized carbons (Fsp3) is 0.346. The van der Waals surface area contributed by atoms with E-state index >= 15 is 0 Å². The van der Waals surface area contributed by atoms with Crippen molar-refractivity contribution >= 4 is 27.0 Å². The van der Waals surface area contributed by atoms with Crippen molar-refractivity contribution in [3.05, 3.63) is 77.9 Å². The monoisotopic (exact) mass is 497 g/mol. The van der Waals surface area contributed by atoms with Crippen LogP contribution in [0.5, 0.6) is 0 Å². The summed E-state index contributed by atoms with van der Waals surface area (Å²) >= 11 is 0. The van der Waals surface area contributed by atoms with Crippen molar-refractivity contribution in [1.82, 2.24) is 14.1 Å². The molecule has 9 heteroatoms. The first-order valence-corrected chi connectivity index (χ1v) is 13.4. The molecule has 1 aromatic heterocycles. The van der Waals surface area contributed by atoms with Crippen LogP contribution in [-0.4, -0.2) is 35.6 Å². The summed E-state index contributed by atoms with van der Waals surface area (Å²) in [5.74, 6) is 6.08. The lowest BCUT2D eigenvalue weighted by Gasteiger charge is -2.27. The number of anilines is 2. The topological polar surface area (TPSA) is 84.5 Å². The van der Waals surface area contributed by atoms with E-state index in [4.69, 9.17) is 5.84 Å². The van der Waals surface area contributed by atoms with Crippen LogP contribution in [0.4, 0.5) is 15.8 Å². The third kappa shape index (κ3) is 5.47. The summed E-state index contributed by atoms with van der Waals surface area (Å²) in [5.41, 5.74) is 4.85. The predicted octanol–water partition coefficient (Wildman–Crippen LogP) is 4.87. The van der Waals surface area contributed by atoms with Crippen LogP contribution in [0.3, 0.4) is 0 Å². The normalized spacial score (nSPS) is 14.7. The molecule has 0 bridgehead atoms. The minimum atomic E-state index is -3.58. The van der Waals surface area contributed by atoms with E-state index in [0.717, 1.165) is 41.6 Å². The third-order valence-corrected chi connectivity index (χ3v) is 8.02. The van der Waals surface area contributed by atoms with E-state index in [-0.39, 0.29) is 10.7 Å². The van der Waals surface area contributed by atoms with Crippen molar-refractivity contribution in [2.24, 2.45) is 5.84 Å². The molecule has 2 N–H and O–H groups in total. The SMILES string of the molecule is CCCc1cc(C2=CCN(S(=O)(=O)c3cnn(CCC)c3)CC2)ccc1N(N)c1ccc(F)cc1. The summed E-state index contributed by atoms with van der Waals surface area (Å²) in [6, 6.07) is 12.2. The lowest BCUT2D eigenvalue weighted by atomic mass is 9.96. The quantitative estimate of drug-likeness (QED) is 0.337. The maximum Gasteiger partial charge on any atom is 0.246 e. The van der Waals surface area contributed by atoms with Crippen LogP contribution in [0.2, 0.25) is 0 Å². The van der Waals surface area contributed by atoms with Crippen molar-refractivity contribution in [1.29, 1.82) is 0 Å². The Hall–Kier alpha value is -3.01. The van der Waals surface area contributed by atoms with Gasteiger partial charge in [0.05, 0.1) is 17.6 Å². The number of benzene rings is 2. The highest BCUT2D eigenvalue weighted by Crippen LogP contribution is 2.32. The highest BCUT2D eigenvalue weighted by atomic mass is 32.2. The first kappa shape index (κ1) is 25.1. The van der Waals surface area contributed by atoms with Gasteiger partial charge in [0.25, 0.3) is 0 Å². The number of aryl methyl sites for hydroxylation is 2. The minimum absolute atomic E-state index is 0.237. The lowest BCUT2D eigenvalue weighted by Crippen LogP contribution is -2.34. The van der Waals surface area contributed by atoms with Crippen molar-refractivity contribution < 1.29 is 12.8 Å². The van der Waals surface area contributed by atoms with Crippen LogP contribution in [0.25, 0.3) is 5.57 Å². The smallest absolute Gasteiger partial charge is 0.246 e. The summed E-state index contributed by atoms with van der Waals surface area (Å²) in [7, 11) is -3.58. The van der Waals surface area contributed by atoms with Gasteiger partial charge in [-0.25, -0.2) is 18.7 Å². The second-order valence-electron chi connectivity index (χ2n) is 8.72. The van der Waals surface area contributed by atoms with Gasteiger partial charge >= 0.3 is 0 Å². The molecule has 0 amide bonds. The van der Waals surface area contributed by atoms with Gasteiger partial charge in [0.2, 0.25) is 10.0 Å². The Bertz CT molecular complexity index is 1300. The zero-order valence-electron chi connectivity index (χ0n) is 20.2. The summed E-state index contributed by atoms with van der Waals surface area (Å²) in [5, 5.41) is 5.75. The number of nitrogens with zero attached hydrogens (tertiary/aromatic N) is 4. The number of nitrogens with two attached hydrogens (primary N) is 1. The van der Waals surface area contributed by atoms with Gasteiger partial charge in [-0.2, -0.15) is 9.40 Å². The fourth-order valence-electron chi connectivity index (χ4n) is 4.34. The van der Waals surface area contributed by atoms with Crippen LogP contribution in [0, 0.1) is 5.82 Å². The lowest BCUT2D eigenvalue weighted by molar-refractivity contribution is 0.441. The van der Waals surface area contributed by atoms with E-state index < -0.39 is 10.0 Å². The van der Waals surface area contributed by atoms with Gasteiger partial charge in [-0.3, -0.25) is 9.69 Å². The van der Waals surface area contributed by atoms with E-state index in [2.05, 4.69) is 18.1 Å². The van der Waals surface area contributed by atoms with Crippen LogP contribution in [0.1, 0.15) is 44.2 Å². The molecule has 0 saturated carbocycles. The summed E-state index contributed by atoms with van der Waals surface area (Å²) in [6.45, 7) is 5.56. The highest BCUT2D eigenvalue weighted by Gasteiger charge is 2.28. The number of rotatable bonds is 9. The standard InChI is InChI=1S/C26H32FN5O2S/c1-3-5-22-17-21(6-11-26(22)32(28)24-9-7-23(27)8-10-24)20-12-15-31(16-13-20)35(33,34)25-18-29-30(19-25)14-4-2/h6-12,17-19H,3-5,13-16,28H2,1-2H3. The van der Waals surface area contributed by atoms with E-state index in [1.165, 1.54) is 22.6 Å². The van der Waals surface area contributed by atoms with Gasteiger partial charge in [-0.1, -0.05) is 32.4 Å². The van der Waals surface area contributed by atoms with Crippen molar-refractivity contribution in [2.75, 3.05) is 18.1 Å². The highest BCUT2D eigenvalue weighted by molar-refractivity contribution is 7.89. The second kappa shape index (κ2) is 10.7. The molecule has 0 aliphatic carbocycles. The van der Waals surface area contributed by atoms with Gasteiger partial charge in [-0.05, 0) is 72.4 Å². The fourth-order valence-corrected chi connectivity index (χ4v) is 5.68. The average Bonchev–Trinajstić information content (AvgIpc) is 3.34. The number of halogens is 1. The molecule has 2 aromatic carbocycles. The van der Waals surface area contributed by atoms with Crippen LogP contribution >= 0.6 is 0 Å². The molecule has 0 fully saturated rings. The van der Waals surface area contributed by atoms with Crippen LogP contribution in [0.15, 0.2) is 65.8 Å². The Morgan fingerprint density at radius 3 is 2.54 bits per heavy atom. The molecular formula is C26H32FN5O2S. The molecule has 3 aromatic rings. The molecule has 0 spiro atoms. The Balaban J connectivity index is 1.54. The summed E-state index contributed by atoms with van der Waals surface area (Å²) < 4.78 is 42.6. The maximum absolute atomic E-state index is 13.3. The zero-order chi connectivity index (χ0) is 25.0. The van der Waals surface area contributed by atoms with Gasteiger partial charge in [0, 0.05) is 25.8 Å². The second-order valence-corrected chi connectivity index (χ2v) is 10.7. The van der Waals surface area contributed by atoms with Gasteiger partial charge < -0.3 is 0 Å². The van der Waals surface area contributed by atoms with E-state index in [1.807, 2.05) is 25.1 Å². The van der Waals surface area contributed by atoms with Crippen molar-refractivity contribution in [2.45, 2.75) is 51.0 Å². The Labute approximate surface area is 206 Å². The van der Waals surface area contributed by atoms with E-state index in [9.17, 15) is 12.8 Å². The molecule has 35 heavy (non-hydrogen) atoms. The predicted molar refractivity (Wildman–Crippen MR) is 137 cm³/mol. The molecule has 4 rings (SSSR count). The van der Waals surface area contributed by atoms with E-state index in [1.54, 1.807) is 28.0 Å². The molecule has 0 radical (unpaired) electrons. The number of hydrogen-bond acceptors (Lipinski definition) is 5. The first-order chi connectivity index (χ1) is 16.8. The Morgan fingerprint density at radius 1 is 1.11 bits per heavy atom. The molecule has 7 nitrogen and oxygen atoms in total. The molecule has 0 atom stereocenters. The molecule has 1 aliphatic heterocycles. The molecule has 2 heterocycles. The summed E-state index contributed by atoms with van der Waals surface area (Å²) in [6.07, 6.45) is 8.33. The van der Waals surface area contributed by atoms with Gasteiger partial charge in [0.1, 0.15) is 10.7 Å². The number of hydrazine groups is 1. The average molecular weight is 498 g/mol.